The first-order valence-corrected chi connectivity index (χ1v) is 8.12. The predicted octanol–water partition coefficient (Wildman–Crippen LogP) is 2.49. The van der Waals surface area contributed by atoms with Crippen LogP contribution in [0.2, 0.25) is 0 Å². The molecule has 6 heteroatoms. The summed E-state index contributed by atoms with van der Waals surface area (Å²) in [5.74, 6) is 0.707. The maximum absolute atomic E-state index is 12.7. The number of carbonyl (C=O) groups excluding carboxylic acids is 2. The van der Waals surface area contributed by atoms with Crippen LogP contribution >= 0.6 is 11.3 Å². The molecule has 0 radical (unpaired) electrons. The van der Waals surface area contributed by atoms with Gasteiger partial charge in [-0.3, -0.25) is 9.59 Å². The fourth-order valence-corrected chi connectivity index (χ4v) is 3.48. The van der Waals surface area contributed by atoms with Crippen LogP contribution < -0.4 is 0 Å². The molecule has 2 amide bonds. The number of nitrogens with zero attached hydrogens (tertiary/aromatic N) is 2. The van der Waals surface area contributed by atoms with E-state index in [1.807, 2.05) is 23.6 Å². The molecule has 1 saturated heterocycles. The highest BCUT2D eigenvalue weighted by Crippen LogP contribution is 2.24. The van der Waals surface area contributed by atoms with Crippen LogP contribution in [0.1, 0.15) is 23.5 Å². The molecule has 1 aliphatic heterocycles. The highest BCUT2D eigenvalue weighted by Gasteiger charge is 2.37. The number of likely N-dealkylation sites (tertiary alicyclic amines) is 1. The molecular formula is C16H18N2O3S. The summed E-state index contributed by atoms with van der Waals surface area (Å²) in [6, 6.07) is 7.20. The van der Waals surface area contributed by atoms with Gasteiger partial charge in [-0.1, -0.05) is 6.07 Å². The van der Waals surface area contributed by atoms with E-state index in [-0.39, 0.29) is 17.9 Å². The number of likely N-dealkylation sites (N-methyl/N-ethyl adjacent to an activating group) is 1. The maximum Gasteiger partial charge on any atom is 0.245 e. The Hall–Kier alpha value is -2.08. The van der Waals surface area contributed by atoms with Crippen LogP contribution in [-0.2, 0) is 22.7 Å². The molecule has 0 aliphatic carbocycles. The SMILES string of the molecule is CN(Cc1cccs1)C(=O)[C@H]1CCC(=O)N1Cc1ccco1. The zero-order valence-electron chi connectivity index (χ0n) is 12.4. The molecule has 2 aromatic rings. The monoisotopic (exact) mass is 318 g/mol. The van der Waals surface area contributed by atoms with Crippen molar-refractivity contribution < 1.29 is 14.0 Å². The smallest absolute Gasteiger partial charge is 0.245 e. The van der Waals surface area contributed by atoms with Gasteiger partial charge >= 0.3 is 0 Å². The van der Waals surface area contributed by atoms with Gasteiger partial charge in [0.15, 0.2) is 0 Å². The van der Waals surface area contributed by atoms with Gasteiger partial charge < -0.3 is 14.2 Å². The second-order valence-electron chi connectivity index (χ2n) is 5.43. The van der Waals surface area contributed by atoms with Crippen LogP contribution in [0.15, 0.2) is 40.3 Å². The standard InChI is InChI=1S/C16H18N2O3S/c1-17(11-13-5-3-9-22-13)16(20)14-6-7-15(19)18(14)10-12-4-2-8-21-12/h2-5,8-9,14H,6-7,10-11H2,1H3/t14-/m1/s1. The highest BCUT2D eigenvalue weighted by molar-refractivity contribution is 7.09. The number of amides is 2. The van der Waals surface area contributed by atoms with Crippen LogP contribution in [0.5, 0.6) is 0 Å². The molecule has 116 valence electrons. The second-order valence-corrected chi connectivity index (χ2v) is 6.46. The highest BCUT2D eigenvalue weighted by atomic mass is 32.1. The van der Waals surface area contributed by atoms with E-state index in [0.29, 0.717) is 31.7 Å². The number of furan rings is 1. The number of thiophene rings is 1. The molecule has 0 saturated carbocycles. The van der Waals surface area contributed by atoms with E-state index in [2.05, 4.69) is 0 Å². The average molecular weight is 318 g/mol. The Kier molecular flexibility index (Phi) is 4.29. The van der Waals surface area contributed by atoms with Crippen molar-refractivity contribution in [3.05, 3.63) is 46.5 Å². The zero-order chi connectivity index (χ0) is 15.5. The molecule has 3 heterocycles. The van der Waals surface area contributed by atoms with Crippen molar-refractivity contribution in [1.82, 2.24) is 9.80 Å². The Balaban J connectivity index is 1.68. The third-order valence-corrected chi connectivity index (χ3v) is 4.73. The van der Waals surface area contributed by atoms with Crippen molar-refractivity contribution in [2.75, 3.05) is 7.05 Å². The van der Waals surface area contributed by atoms with Crippen molar-refractivity contribution in [2.24, 2.45) is 0 Å². The average Bonchev–Trinajstić information content (AvgIpc) is 3.23. The van der Waals surface area contributed by atoms with Gasteiger partial charge in [-0.15, -0.1) is 11.3 Å². The van der Waals surface area contributed by atoms with E-state index in [4.69, 9.17) is 4.42 Å². The van der Waals surface area contributed by atoms with Crippen LogP contribution in [0.4, 0.5) is 0 Å². The van der Waals surface area contributed by atoms with Gasteiger partial charge in [0.05, 0.1) is 19.4 Å². The van der Waals surface area contributed by atoms with Crippen molar-refractivity contribution in [3.63, 3.8) is 0 Å². The number of rotatable bonds is 5. The normalized spacial score (nSPS) is 18.0. The van der Waals surface area contributed by atoms with Gasteiger partial charge in [0.2, 0.25) is 11.8 Å². The lowest BCUT2D eigenvalue weighted by atomic mass is 10.2. The Morgan fingerprint density at radius 2 is 2.32 bits per heavy atom. The summed E-state index contributed by atoms with van der Waals surface area (Å²) < 4.78 is 5.30. The van der Waals surface area contributed by atoms with Crippen LogP contribution in [0.25, 0.3) is 0 Å². The van der Waals surface area contributed by atoms with Crippen LogP contribution in [0, 0.1) is 0 Å². The first kappa shape index (κ1) is 14.8. The topological polar surface area (TPSA) is 53.8 Å². The second kappa shape index (κ2) is 6.36. The molecule has 0 bridgehead atoms. The molecule has 5 nitrogen and oxygen atoms in total. The predicted molar refractivity (Wildman–Crippen MR) is 83.1 cm³/mol. The van der Waals surface area contributed by atoms with Gasteiger partial charge in [-0.05, 0) is 30.0 Å². The van der Waals surface area contributed by atoms with E-state index >= 15 is 0 Å². The molecule has 0 unspecified atom stereocenters. The van der Waals surface area contributed by atoms with Crippen molar-refractivity contribution in [3.8, 4) is 0 Å². The Morgan fingerprint density at radius 1 is 1.45 bits per heavy atom. The minimum Gasteiger partial charge on any atom is -0.467 e. The van der Waals surface area contributed by atoms with Gasteiger partial charge in [0.1, 0.15) is 11.8 Å². The quantitative estimate of drug-likeness (QED) is 0.851. The third-order valence-electron chi connectivity index (χ3n) is 3.87. The summed E-state index contributed by atoms with van der Waals surface area (Å²) in [5.41, 5.74) is 0. The molecule has 1 fully saturated rings. The minimum atomic E-state index is -0.387. The number of hydrogen-bond acceptors (Lipinski definition) is 4. The largest absolute Gasteiger partial charge is 0.467 e. The third kappa shape index (κ3) is 3.06. The van der Waals surface area contributed by atoms with E-state index in [9.17, 15) is 9.59 Å². The molecule has 0 spiro atoms. The molecule has 1 aliphatic rings. The molecular weight excluding hydrogens is 300 g/mol. The van der Waals surface area contributed by atoms with E-state index in [1.165, 1.54) is 0 Å². The maximum atomic E-state index is 12.7. The van der Waals surface area contributed by atoms with Crippen molar-refractivity contribution in [1.29, 1.82) is 0 Å². The fraction of sp³-hybridized carbons (Fsp3) is 0.375. The Bertz CT molecular complexity index is 636. The van der Waals surface area contributed by atoms with Gasteiger partial charge in [-0.25, -0.2) is 0 Å². The van der Waals surface area contributed by atoms with E-state index < -0.39 is 0 Å². The summed E-state index contributed by atoms with van der Waals surface area (Å²) in [6.45, 7) is 0.935. The summed E-state index contributed by atoms with van der Waals surface area (Å²) in [7, 11) is 1.79. The molecule has 0 N–H and O–H groups in total. The van der Waals surface area contributed by atoms with Gasteiger partial charge in [0, 0.05) is 18.3 Å². The number of carbonyl (C=O) groups is 2. The molecule has 2 aromatic heterocycles. The van der Waals surface area contributed by atoms with Gasteiger partial charge in [0.25, 0.3) is 0 Å². The minimum absolute atomic E-state index is 0.00851. The van der Waals surface area contributed by atoms with E-state index in [0.717, 1.165) is 4.88 Å². The lowest BCUT2D eigenvalue weighted by Crippen LogP contribution is -2.44. The molecule has 0 aromatic carbocycles. The lowest BCUT2D eigenvalue weighted by molar-refractivity contribution is -0.141. The summed E-state index contributed by atoms with van der Waals surface area (Å²) >= 11 is 1.63. The summed E-state index contributed by atoms with van der Waals surface area (Å²) in [6.07, 6.45) is 2.58. The van der Waals surface area contributed by atoms with Crippen molar-refractivity contribution >= 4 is 23.2 Å². The first-order chi connectivity index (χ1) is 10.6. The first-order valence-electron chi connectivity index (χ1n) is 7.24. The lowest BCUT2D eigenvalue weighted by Gasteiger charge is -2.27. The van der Waals surface area contributed by atoms with Gasteiger partial charge in [-0.2, -0.15) is 0 Å². The fourth-order valence-electron chi connectivity index (χ4n) is 2.73. The zero-order valence-corrected chi connectivity index (χ0v) is 13.2. The number of hydrogen-bond donors (Lipinski definition) is 0. The van der Waals surface area contributed by atoms with Crippen LogP contribution in [0.3, 0.4) is 0 Å². The molecule has 22 heavy (non-hydrogen) atoms. The molecule has 1 atom stereocenters. The summed E-state index contributed by atoms with van der Waals surface area (Å²) in [4.78, 5) is 29.2. The Labute approximate surface area is 133 Å². The Morgan fingerprint density at radius 3 is 3.00 bits per heavy atom. The van der Waals surface area contributed by atoms with E-state index in [1.54, 1.807) is 40.5 Å². The van der Waals surface area contributed by atoms with Crippen LogP contribution in [-0.4, -0.2) is 34.7 Å². The molecule has 3 rings (SSSR count). The summed E-state index contributed by atoms with van der Waals surface area (Å²) in [5, 5.41) is 2.00. The van der Waals surface area contributed by atoms with Crippen molar-refractivity contribution in [2.45, 2.75) is 32.0 Å².